The van der Waals surface area contributed by atoms with Crippen LogP contribution in [0.1, 0.15) is 24.3 Å². The maximum atomic E-state index is 12.5. The summed E-state index contributed by atoms with van der Waals surface area (Å²) in [6.45, 7) is 0.522. The number of ether oxygens (including phenoxy) is 3. The highest BCUT2D eigenvalue weighted by Crippen LogP contribution is 2.46. The summed E-state index contributed by atoms with van der Waals surface area (Å²) in [4.78, 5) is 24.7. The van der Waals surface area contributed by atoms with Gasteiger partial charge in [-0.1, -0.05) is 12.1 Å². The van der Waals surface area contributed by atoms with Crippen molar-refractivity contribution in [3.63, 3.8) is 0 Å². The lowest BCUT2D eigenvalue weighted by molar-refractivity contribution is -0.149. The maximum absolute atomic E-state index is 12.5. The largest absolute Gasteiger partial charge is 0.497 e. The van der Waals surface area contributed by atoms with Crippen molar-refractivity contribution in [3.8, 4) is 5.75 Å². The molecule has 1 aliphatic carbocycles. The first-order chi connectivity index (χ1) is 10.7. The molecule has 0 N–H and O–H groups in total. The van der Waals surface area contributed by atoms with E-state index in [1.807, 2.05) is 24.3 Å². The standard InChI is InChI=1S/C17H18O5/c1-20-11-7-5-10(6-8-11)13-12-4-3-9-22-16(12)15(18)14(13)17(19)21-2/h5-8,13-14H,3-4,9H2,1-2H3/t13-,14-/m1/s1. The monoisotopic (exact) mass is 302 g/mol. The van der Waals surface area contributed by atoms with E-state index in [2.05, 4.69) is 0 Å². The normalized spacial score (nSPS) is 23.8. The van der Waals surface area contributed by atoms with Gasteiger partial charge in [0.25, 0.3) is 0 Å². The van der Waals surface area contributed by atoms with Crippen LogP contribution in [0.25, 0.3) is 0 Å². The molecule has 1 aromatic carbocycles. The molecule has 0 amide bonds. The quantitative estimate of drug-likeness (QED) is 0.633. The van der Waals surface area contributed by atoms with Crippen molar-refractivity contribution in [2.45, 2.75) is 18.8 Å². The molecule has 3 rings (SSSR count). The van der Waals surface area contributed by atoms with Crippen molar-refractivity contribution < 1.29 is 23.8 Å². The number of carbonyl (C=O) groups excluding carboxylic acids is 2. The summed E-state index contributed by atoms with van der Waals surface area (Å²) in [5.41, 5.74) is 1.82. The summed E-state index contributed by atoms with van der Waals surface area (Å²) < 4.78 is 15.5. The Hall–Kier alpha value is -2.30. The highest BCUT2D eigenvalue weighted by molar-refractivity contribution is 6.11. The van der Waals surface area contributed by atoms with E-state index in [0.717, 1.165) is 29.7 Å². The lowest BCUT2D eigenvalue weighted by Gasteiger charge is -2.21. The number of esters is 1. The van der Waals surface area contributed by atoms with Crippen LogP contribution in [0.4, 0.5) is 0 Å². The number of rotatable bonds is 3. The van der Waals surface area contributed by atoms with E-state index in [0.29, 0.717) is 12.4 Å². The fraction of sp³-hybridized carbons (Fsp3) is 0.412. The molecule has 0 radical (unpaired) electrons. The number of hydrogen-bond donors (Lipinski definition) is 0. The van der Waals surface area contributed by atoms with Crippen LogP contribution in [-0.2, 0) is 19.1 Å². The molecule has 0 saturated heterocycles. The van der Waals surface area contributed by atoms with Crippen molar-refractivity contribution in [1.29, 1.82) is 0 Å². The van der Waals surface area contributed by atoms with Gasteiger partial charge in [0.05, 0.1) is 20.8 Å². The smallest absolute Gasteiger partial charge is 0.317 e. The van der Waals surface area contributed by atoms with Crippen LogP contribution < -0.4 is 4.74 Å². The van der Waals surface area contributed by atoms with Gasteiger partial charge in [-0.25, -0.2) is 0 Å². The molecule has 0 unspecified atom stereocenters. The van der Waals surface area contributed by atoms with Gasteiger partial charge >= 0.3 is 5.97 Å². The van der Waals surface area contributed by atoms with Gasteiger partial charge in [-0.2, -0.15) is 0 Å². The zero-order valence-corrected chi connectivity index (χ0v) is 12.6. The van der Waals surface area contributed by atoms with Gasteiger partial charge in [-0.15, -0.1) is 0 Å². The number of benzene rings is 1. The van der Waals surface area contributed by atoms with E-state index in [1.54, 1.807) is 7.11 Å². The molecule has 0 saturated carbocycles. The molecule has 5 nitrogen and oxygen atoms in total. The number of methoxy groups -OCH3 is 2. The Balaban J connectivity index is 2.04. The molecular formula is C17H18O5. The summed E-state index contributed by atoms with van der Waals surface area (Å²) in [7, 11) is 2.90. The first-order valence-corrected chi connectivity index (χ1v) is 7.29. The molecule has 116 valence electrons. The number of Topliss-reactive ketones (excluding diaryl/α,β-unsaturated/α-hetero) is 1. The fourth-order valence-electron chi connectivity index (χ4n) is 3.24. The maximum Gasteiger partial charge on any atom is 0.317 e. The third-order valence-corrected chi connectivity index (χ3v) is 4.27. The van der Waals surface area contributed by atoms with E-state index in [-0.39, 0.29) is 11.7 Å². The van der Waals surface area contributed by atoms with Gasteiger partial charge in [-0.05, 0) is 36.1 Å². The number of carbonyl (C=O) groups is 2. The molecule has 2 atom stereocenters. The number of hydrogen-bond acceptors (Lipinski definition) is 5. The van der Waals surface area contributed by atoms with Crippen LogP contribution in [0.15, 0.2) is 35.6 Å². The molecular weight excluding hydrogens is 284 g/mol. The van der Waals surface area contributed by atoms with Crippen LogP contribution in [0.5, 0.6) is 5.75 Å². The van der Waals surface area contributed by atoms with Gasteiger partial charge in [0, 0.05) is 5.92 Å². The molecule has 0 spiro atoms. The second-order valence-electron chi connectivity index (χ2n) is 5.42. The van der Waals surface area contributed by atoms with E-state index in [1.165, 1.54) is 7.11 Å². The predicted molar refractivity (Wildman–Crippen MR) is 78.5 cm³/mol. The summed E-state index contributed by atoms with van der Waals surface area (Å²) in [5, 5.41) is 0. The Morgan fingerprint density at radius 3 is 2.59 bits per heavy atom. The molecule has 0 bridgehead atoms. The van der Waals surface area contributed by atoms with Crippen molar-refractivity contribution in [2.24, 2.45) is 5.92 Å². The SMILES string of the molecule is COC(=O)[C@H]1C(=O)C2=C(CCCO2)[C@H]1c1ccc(OC)cc1. The fourth-order valence-corrected chi connectivity index (χ4v) is 3.24. The van der Waals surface area contributed by atoms with Crippen molar-refractivity contribution in [1.82, 2.24) is 0 Å². The van der Waals surface area contributed by atoms with E-state index in [4.69, 9.17) is 14.2 Å². The third kappa shape index (κ3) is 2.26. The first kappa shape index (κ1) is 14.6. The van der Waals surface area contributed by atoms with E-state index in [9.17, 15) is 9.59 Å². The summed E-state index contributed by atoms with van der Waals surface area (Å²) in [6.07, 6.45) is 1.62. The van der Waals surface area contributed by atoms with Crippen LogP contribution >= 0.6 is 0 Å². The number of ketones is 1. The van der Waals surface area contributed by atoms with E-state index < -0.39 is 11.9 Å². The molecule has 0 aromatic heterocycles. The molecule has 1 heterocycles. The van der Waals surface area contributed by atoms with Gasteiger partial charge in [0.15, 0.2) is 5.76 Å². The Morgan fingerprint density at radius 2 is 1.95 bits per heavy atom. The third-order valence-electron chi connectivity index (χ3n) is 4.27. The lowest BCUT2D eigenvalue weighted by atomic mass is 9.83. The topological polar surface area (TPSA) is 61.8 Å². The van der Waals surface area contributed by atoms with Crippen LogP contribution in [0.3, 0.4) is 0 Å². The highest BCUT2D eigenvalue weighted by atomic mass is 16.5. The van der Waals surface area contributed by atoms with Crippen molar-refractivity contribution in [3.05, 3.63) is 41.2 Å². The Morgan fingerprint density at radius 1 is 1.23 bits per heavy atom. The van der Waals surface area contributed by atoms with E-state index >= 15 is 0 Å². The Labute approximate surface area is 128 Å². The van der Waals surface area contributed by atoms with Crippen LogP contribution in [0.2, 0.25) is 0 Å². The predicted octanol–water partition coefficient (Wildman–Crippen LogP) is 2.22. The second-order valence-corrected chi connectivity index (χ2v) is 5.42. The molecule has 22 heavy (non-hydrogen) atoms. The minimum Gasteiger partial charge on any atom is -0.497 e. The molecule has 5 heteroatoms. The van der Waals surface area contributed by atoms with Gasteiger partial charge in [0.1, 0.15) is 11.7 Å². The van der Waals surface area contributed by atoms with Gasteiger partial charge < -0.3 is 14.2 Å². The zero-order chi connectivity index (χ0) is 15.7. The molecule has 1 aliphatic heterocycles. The van der Waals surface area contributed by atoms with Crippen LogP contribution in [0, 0.1) is 5.92 Å². The molecule has 0 fully saturated rings. The van der Waals surface area contributed by atoms with Gasteiger partial charge in [0.2, 0.25) is 5.78 Å². The average molecular weight is 302 g/mol. The molecule has 2 aliphatic rings. The first-order valence-electron chi connectivity index (χ1n) is 7.29. The minimum absolute atomic E-state index is 0.262. The highest BCUT2D eigenvalue weighted by Gasteiger charge is 2.49. The molecule has 1 aromatic rings. The lowest BCUT2D eigenvalue weighted by Crippen LogP contribution is -2.27. The summed E-state index contributed by atoms with van der Waals surface area (Å²) >= 11 is 0. The average Bonchev–Trinajstić information content (AvgIpc) is 2.87. The summed E-state index contributed by atoms with van der Waals surface area (Å²) in [6, 6.07) is 7.43. The zero-order valence-electron chi connectivity index (χ0n) is 12.6. The Kier molecular flexibility index (Phi) is 3.88. The Bertz CT molecular complexity index is 629. The van der Waals surface area contributed by atoms with Gasteiger partial charge in [-0.3, -0.25) is 9.59 Å². The van der Waals surface area contributed by atoms with Crippen molar-refractivity contribution in [2.75, 3.05) is 20.8 Å². The van der Waals surface area contributed by atoms with Crippen molar-refractivity contribution >= 4 is 11.8 Å². The summed E-state index contributed by atoms with van der Waals surface area (Å²) in [5.74, 6) is -0.826. The number of allylic oxidation sites excluding steroid dienone is 2. The second kappa shape index (κ2) is 5.83. The van der Waals surface area contributed by atoms with Crippen LogP contribution in [-0.4, -0.2) is 32.6 Å². The minimum atomic E-state index is -0.846.